The van der Waals surface area contributed by atoms with Crippen molar-refractivity contribution >= 4 is 23.9 Å². The smallest absolute Gasteiger partial charge is 0.337 e. The molecule has 0 aliphatic carbocycles. The summed E-state index contributed by atoms with van der Waals surface area (Å²) in [6.07, 6.45) is 4.19. The van der Waals surface area contributed by atoms with Crippen molar-refractivity contribution in [2.75, 3.05) is 46.4 Å². The molecule has 7 heteroatoms. The van der Waals surface area contributed by atoms with Crippen LogP contribution < -0.4 is 5.32 Å². The number of benzene rings is 1. The summed E-state index contributed by atoms with van der Waals surface area (Å²) in [6, 6.07) is 6.86. The number of methoxy groups -OCH3 is 1. The van der Waals surface area contributed by atoms with E-state index in [1.165, 1.54) is 13.2 Å². The maximum Gasteiger partial charge on any atom is 0.337 e. The molecule has 0 atom stereocenters. The Hall–Kier alpha value is -2.67. The Bertz CT molecular complexity index is 677. The van der Waals surface area contributed by atoms with Gasteiger partial charge in [-0.2, -0.15) is 0 Å². The van der Waals surface area contributed by atoms with Gasteiger partial charge in [0.25, 0.3) is 0 Å². The van der Waals surface area contributed by atoms with Gasteiger partial charge < -0.3 is 15.0 Å². The molecule has 0 radical (unpaired) electrons. The number of ether oxygens (including phenoxy) is 1. The lowest BCUT2D eigenvalue weighted by Gasteiger charge is -2.33. The lowest BCUT2D eigenvalue weighted by molar-refractivity contribution is -0.128. The van der Waals surface area contributed by atoms with Gasteiger partial charge in [-0.05, 0) is 30.2 Å². The standard InChI is InChI=1S/C20H27N3O4/c1-3-10-21-18(24)15-22-11-13-23(14-12-22)19(25)9-6-16-4-7-17(8-5-16)20(26)27-2/h4-9H,3,10-15H2,1-2H3,(H,21,24)/b9-6+. The Balaban J connectivity index is 1.79. The third-order valence-electron chi connectivity index (χ3n) is 4.37. The number of rotatable bonds is 7. The van der Waals surface area contributed by atoms with Gasteiger partial charge in [0.05, 0.1) is 19.2 Å². The normalized spacial score (nSPS) is 15.0. The van der Waals surface area contributed by atoms with Crippen LogP contribution in [0.5, 0.6) is 0 Å². The van der Waals surface area contributed by atoms with Crippen LogP contribution in [0.25, 0.3) is 6.08 Å². The van der Waals surface area contributed by atoms with Crippen LogP contribution in [0.15, 0.2) is 30.3 Å². The molecule has 2 amide bonds. The van der Waals surface area contributed by atoms with Gasteiger partial charge >= 0.3 is 5.97 Å². The number of piperazine rings is 1. The molecular weight excluding hydrogens is 346 g/mol. The first-order chi connectivity index (χ1) is 13.0. The van der Waals surface area contributed by atoms with E-state index in [2.05, 4.69) is 15.0 Å². The quantitative estimate of drug-likeness (QED) is 0.573. The Morgan fingerprint density at radius 2 is 1.78 bits per heavy atom. The predicted molar refractivity (Wildman–Crippen MR) is 103 cm³/mol. The molecule has 1 aromatic rings. The number of hydrogen-bond acceptors (Lipinski definition) is 5. The summed E-state index contributed by atoms with van der Waals surface area (Å²) in [7, 11) is 1.34. The third kappa shape index (κ3) is 6.53. The summed E-state index contributed by atoms with van der Waals surface area (Å²) in [5.41, 5.74) is 1.31. The maximum atomic E-state index is 12.3. The molecule has 0 bridgehead atoms. The van der Waals surface area contributed by atoms with Crippen LogP contribution in [0.1, 0.15) is 29.3 Å². The number of amides is 2. The second kappa shape index (κ2) is 10.5. The number of nitrogens with one attached hydrogen (secondary N) is 1. The maximum absolute atomic E-state index is 12.3. The van der Waals surface area contributed by atoms with Crippen molar-refractivity contribution in [2.45, 2.75) is 13.3 Å². The fourth-order valence-electron chi connectivity index (χ4n) is 2.77. The lowest BCUT2D eigenvalue weighted by atomic mass is 10.1. The largest absolute Gasteiger partial charge is 0.465 e. The Morgan fingerprint density at radius 1 is 1.11 bits per heavy atom. The van der Waals surface area contributed by atoms with Crippen LogP contribution in [-0.2, 0) is 14.3 Å². The highest BCUT2D eigenvalue weighted by Gasteiger charge is 2.20. The summed E-state index contributed by atoms with van der Waals surface area (Å²) >= 11 is 0. The fourth-order valence-corrected chi connectivity index (χ4v) is 2.77. The van der Waals surface area contributed by atoms with Crippen LogP contribution >= 0.6 is 0 Å². The molecule has 1 fully saturated rings. The van der Waals surface area contributed by atoms with E-state index < -0.39 is 0 Å². The number of hydrogen-bond donors (Lipinski definition) is 1. The predicted octanol–water partition coefficient (Wildman–Crippen LogP) is 1.16. The molecular formula is C20H27N3O4. The molecule has 0 unspecified atom stereocenters. The molecule has 1 aliphatic heterocycles. The Morgan fingerprint density at radius 3 is 2.37 bits per heavy atom. The number of carbonyl (C=O) groups is 3. The third-order valence-corrected chi connectivity index (χ3v) is 4.37. The Kier molecular flexibility index (Phi) is 8.00. The summed E-state index contributed by atoms with van der Waals surface area (Å²) in [6.45, 7) is 5.68. The SMILES string of the molecule is CCCNC(=O)CN1CCN(C(=O)/C=C/c2ccc(C(=O)OC)cc2)CC1. The highest BCUT2D eigenvalue weighted by Crippen LogP contribution is 2.09. The molecule has 0 spiro atoms. The molecule has 1 N–H and O–H groups in total. The van der Waals surface area contributed by atoms with E-state index in [9.17, 15) is 14.4 Å². The zero-order valence-corrected chi connectivity index (χ0v) is 15.9. The Labute approximate surface area is 160 Å². The van der Waals surface area contributed by atoms with Crippen LogP contribution in [0.2, 0.25) is 0 Å². The second-order valence-corrected chi connectivity index (χ2v) is 6.40. The average molecular weight is 373 g/mol. The number of nitrogens with zero attached hydrogens (tertiary/aromatic N) is 2. The van der Waals surface area contributed by atoms with Crippen molar-refractivity contribution in [3.8, 4) is 0 Å². The summed E-state index contributed by atoms with van der Waals surface area (Å²) in [5, 5.41) is 2.87. The van der Waals surface area contributed by atoms with Crippen molar-refractivity contribution in [1.82, 2.24) is 15.1 Å². The van der Waals surface area contributed by atoms with E-state index in [0.717, 1.165) is 12.0 Å². The molecule has 1 aliphatic rings. The number of carbonyl (C=O) groups excluding carboxylic acids is 3. The van der Waals surface area contributed by atoms with Gasteiger partial charge in [-0.15, -0.1) is 0 Å². The van der Waals surface area contributed by atoms with Crippen LogP contribution in [0, 0.1) is 0 Å². The van der Waals surface area contributed by atoms with E-state index in [1.54, 1.807) is 35.2 Å². The zero-order valence-electron chi connectivity index (χ0n) is 15.9. The van der Waals surface area contributed by atoms with E-state index in [-0.39, 0.29) is 17.8 Å². The van der Waals surface area contributed by atoms with Crippen molar-refractivity contribution in [3.05, 3.63) is 41.5 Å². The molecule has 1 aromatic carbocycles. The fraction of sp³-hybridized carbons (Fsp3) is 0.450. The topological polar surface area (TPSA) is 79.0 Å². The van der Waals surface area contributed by atoms with Gasteiger partial charge in [0.15, 0.2) is 0 Å². The number of esters is 1. The van der Waals surface area contributed by atoms with Crippen LogP contribution in [0.3, 0.4) is 0 Å². The molecule has 1 heterocycles. The average Bonchev–Trinajstić information content (AvgIpc) is 2.70. The van der Waals surface area contributed by atoms with Gasteiger partial charge in [0.1, 0.15) is 0 Å². The highest BCUT2D eigenvalue weighted by molar-refractivity contribution is 5.92. The van der Waals surface area contributed by atoms with E-state index in [0.29, 0.717) is 44.8 Å². The van der Waals surface area contributed by atoms with Gasteiger partial charge in [0, 0.05) is 38.8 Å². The molecule has 7 nitrogen and oxygen atoms in total. The first-order valence-electron chi connectivity index (χ1n) is 9.18. The van der Waals surface area contributed by atoms with Gasteiger partial charge in [-0.3, -0.25) is 14.5 Å². The van der Waals surface area contributed by atoms with E-state index in [4.69, 9.17) is 0 Å². The first kappa shape index (κ1) is 20.6. The van der Waals surface area contributed by atoms with Gasteiger partial charge in [-0.1, -0.05) is 19.1 Å². The molecule has 0 saturated carbocycles. The second-order valence-electron chi connectivity index (χ2n) is 6.40. The molecule has 1 saturated heterocycles. The van der Waals surface area contributed by atoms with Crippen molar-refractivity contribution < 1.29 is 19.1 Å². The summed E-state index contributed by atoms with van der Waals surface area (Å²) in [5.74, 6) is -0.406. The van der Waals surface area contributed by atoms with Crippen LogP contribution in [0.4, 0.5) is 0 Å². The van der Waals surface area contributed by atoms with E-state index in [1.807, 2.05) is 6.92 Å². The van der Waals surface area contributed by atoms with Crippen molar-refractivity contribution in [2.24, 2.45) is 0 Å². The van der Waals surface area contributed by atoms with Crippen molar-refractivity contribution in [1.29, 1.82) is 0 Å². The highest BCUT2D eigenvalue weighted by atomic mass is 16.5. The van der Waals surface area contributed by atoms with Crippen molar-refractivity contribution in [3.63, 3.8) is 0 Å². The lowest BCUT2D eigenvalue weighted by Crippen LogP contribution is -2.50. The minimum absolute atomic E-state index is 0.0342. The minimum atomic E-state index is -0.386. The van der Waals surface area contributed by atoms with Gasteiger partial charge in [0.2, 0.25) is 11.8 Å². The zero-order chi connectivity index (χ0) is 19.6. The minimum Gasteiger partial charge on any atom is -0.465 e. The van der Waals surface area contributed by atoms with Crippen LogP contribution in [-0.4, -0.2) is 74.0 Å². The summed E-state index contributed by atoms with van der Waals surface area (Å²) < 4.78 is 4.66. The molecule has 146 valence electrons. The molecule has 2 rings (SSSR count). The van der Waals surface area contributed by atoms with E-state index >= 15 is 0 Å². The summed E-state index contributed by atoms with van der Waals surface area (Å²) in [4.78, 5) is 39.3. The monoisotopic (exact) mass is 373 g/mol. The first-order valence-corrected chi connectivity index (χ1v) is 9.18. The molecule has 27 heavy (non-hydrogen) atoms. The van der Waals surface area contributed by atoms with Gasteiger partial charge in [-0.25, -0.2) is 4.79 Å². The molecule has 0 aromatic heterocycles.